The van der Waals surface area contributed by atoms with Gasteiger partial charge in [0.2, 0.25) is 0 Å². The topological polar surface area (TPSA) is 12.9 Å². The van der Waals surface area contributed by atoms with E-state index in [1.807, 2.05) is 12.3 Å². The smallest absolute Gasteiger partial charge is 0.147 e. The van der Waals surface area contributed by atoms with Gasteiger partial charge in [0, 0.05) is 6.20 Å². The van der Waals surface area contributed by atoms with Crippen molar-refractivity contribution in [2.75, 3.05) is 0 Å². The van der Waals surface area contributed by atoms with Gasteiger partial charge in [0.05, 0.1) is 5.02 Å². The number of hydrogen-bond acceptors (Lipinski definition) is 1. The molecule has 134 valence electrons. The van der Waals surface area contributed by atoms with E-state index >= 15 is 0 Å². The zero-order chi connectivity index (χ0) is 16.9. The zero-order valence-corrected chi connectivity index (χ0v) is 16.5. The number of rotatable bonds is 5. The van der Waals surface area contributed by atoms with Crippen molar-refractivity contribution >= 4 is 23.2 Å². The van der Waals surface area contributed by atoms with E-state index in [0.29, 0.717) is 16.1 Å². The van der Waals surface area contributed by atoms with Crippen molar-refractivity contribution < 1.29 is 0 Å². The van der Waals surface area contributed by atoms with Crippen molar-refractivity contribution in [1.29, 1.82) is 0 Å². The van der Waals surface area contributed by atoms with E-state index in [9.17, 15) is 0 Å². The SMILES string of the molecule is CCCC[C@H]1CC[C@H]([C@H]2CC[C@H](c3cnc(Cl)c(Cl)c3)CC2)CC1. The number of unbranched alkanes of at least 4 members (excludes halogenated alkanes) is 1. The Hall–Kier alpha value is -0.270. The van der Waals surface area contributed by atoms with Crippen LogP contribution in [0.25, 0.3) is 0 Å². The van der Waals surface area contributed by atoms with Gasteiger partial charge in [-0.15, -0.1) is 0 Å². The van der Waals surface area contributed by atoms with Gasteiger partial charge < -0.3 is 0 Å². The quantitative estimate of drug-likeness (QED) is 0.486. The summed E-state index contributed by atoms with van der Waals surface area (Å²) in [6.07, 6.45) is 17.5. The molecule has 2 aliphatic carbocycles. The maximum Gasteiger partial charge on any atom is 0.147 e. The molecular formula is C21H31Cl2N. The molecule has 0 saturated heterocycles. The molecule has 2 aliphatic rings. The second-order valence-electron chi connectivity index (χ2n) is 8.08. The molecule has 1 nitrogen and oxygen atoms in total. The van der Waals surface area contributed by atoms with E-state index < -0.39 is 0 Å². The van der Waals surface area contributed by atoms with Crippen molar-refractivity contribution in [3.63, 3.8) is 0 Å². The Morgan fingerprint density at radius 2 is 1.58 bits per heavy atom. The fraction of sp³-hybridized carbons (Fsp3) is 0.762. The molecule has 2 saturated carbocycles. The molecule has 0 N–H and O–H groups in total. The van der Waals surface area contributed by atoms with Crippen LogP contribution in [-0.4, -0.2) is 4.98 Å². The molecule has 0 bridgehead atoms. The molecule has 0 aromatic carbocycles. The van der Waals surface area contributed by atoms with Crippen LogP contribution in [0, 0.1) is 17.8 Å². The van der Waals surface area contributed by atoms with Gasteiger partial charge in [-0.3, -0.25) is 0 Å². The minimum absolute atomic E-state index is 0.425. The van der Waals surface area contributed by atoms with Crippen LogP contribution in [0.1, 0.15) is 89.0 Å². The largest absolute Gasteiger partial charge is 0.243 e. The van der Waals surface area contributed by atoms with E-state index in [-0.39, 0.29) is 0 Å². The summed E-state index contributed by atoms with van der Waals surface area (Å²) in [6, 6.07) is 2.03. The van der Waals surface area contributed by atoms with Crippen LogP contribution in [0.3, 0.4) is 0 Å². The maximum absolute atomic E-state index is 6.14. The minimum atomic E-state index is 0.425. The van der Waals surface area contributed by atoms with Gasteiger partial charge in [0.1, 0.15) is 5.15 Å². The Morgan fingerprint density at radius 3 is 2.17 bits per heavy atom. The Balaban J connectivity index is 1.46. The molecule has 3 heteroatoms. The molecule has 0 aliphatic heterocycles. The first-order valence-electron chi connectivity index (χ1n) is 9.98. The van der Waals surface area contributed by atoms with Gasteiger partial charge in [-0.05, 0) is 73.8 Å². The van der Waals surface area contributed by atoms with E-state index in [4.69, 9.17) is 23.2 Å². The fourth-order valence-electron chi connectivity index (χ4n) is 5.02. The summed E-state index contributed by atoms with van der Waals surface area (Å²) < 4.78 is 0. The summed E-state index contributed by atoms with van der Waals surface area (Å²) >= 11 is 12.1. The predicted molar refractivity (Wildman–Crippen MR) is 104 cm³/mol. The fourth-order valence-corrected chi connectivity index (χ4v) is 5.30. The maximum atomic E-state index is 6.14. The number of hydrogen-bond donors (Lipinski definition) is 0. The number of pyridine rings is 1. The summed E-state index contributed by atoms with van der Waals surface area (Å²) in [5, 5.41) is 1.02. The van der Waals surface area contributed by atoms with Crippen molar-refractivity contribution in [3.8, 4) is 0 Å². The van der Waals surface area contributed by atoms with Crippen molar-refractivity contribution in [3.05, 3.63) is 28.0 Å². The summed E-state index contributed by atoms with van der Waals surface area (Å²) in [5.74, 6) is 3.61. The monoisotopic (exact) mass is 367 g/mol. The highest BCUT2D eigenvalue weighted by Gasteiger charge is 2.31. The Bertz CT molecular complexity index is 515. The van der Waals surface area contributed by atoms with Gasteiger partial charge >= 0.3 is 0 Å². The van der Waals surface area contributed by atoms with Crippen LogP contribution in [0.2, 0.25) is 10.2 Å². The van der Waals surface area contributed by atoms with Gasteiger partial charge in [-0.2, -0.15) is 0 Å². The number of aromatic nitrogens is 1. The summed E-state index contributed by atoms with van der Waals surface area (Å²) in [6.45, 7) is 2.31. The number of nitrogens with zero attached hydrogens (tertiary/aromatic N) is 1. The molecule has 1 heterocycles. The first kappa shape index (κ1) is 18.5. The summed E-state index contributed by atoms with van der Waals surface area (Å²) in [4.78, 5) is 4.23. The lowest BCUT2D eigenvalue weighted by Gasteiger charge is -2.38. The van der Waals surface area contributed by atoms with Gasteiger partial charge in [0.25, 0.3) is 0 Å². The molecule has 0 amide bonds. The average molecular weight is 368 g/mol. The van der Waals surface area contributed by atoms with E-state index in [1.54, 1.807) is 0 Å². The Labute approximate surface area is 157 Å². The molecular weight excluding hydrogens is 337 g/mol. The van der Waals surface area contributed by atoms with Crippen LogP contribution in [-0.2, 0) is 0 Å². The summed E-state index contributed by atoms with van der Waals surface area (Å²) in [5.41, 5.74) is 1.28. The Morgan fingerprint density at radius 1 is 0.958 bits per heavy atom. The third-order valence-corrected chi connectivity index (χ3v) is 7.27. The molecule has 24 heavy (non-hydrogen) atoms. The molecule has 0 atom stereocenters. The molecule has 3 rings (SSSR count). The third kappa shape index (κ3) is 4.67. The van der Waals surface area contributed by atoms with Crippen molar-refractivity contribution in [2.45, 2.75) is 83.5 Å². The van der Waals surface area contributed by atoms with Crippen LogP contribution < -0.4 is 0 Å². The van der Waals surface area contributed by atoms with E-state index in [1.165, 1.54) is 76.2 Å². The van der Waals surface area contributed by atoms with Crippen LogP contribution in [0.5, 0.6) is 0 Å². The van der Waals surface area contributed by atoms with Crippen molar-refractivity contribution in [1.82, 2.24) is 4.98 Å². The molecule has 0 unspecified atom stereocenters. The van der Waals surface area contributed by atoms with Crippen molar-refractivity contribution in [2.24, 2.45) is 17.8 Å². The van der Waals surface area contributed by atoms with Crippen LogP contribution >= 0.6 is 23.2 Å². The molecule has 1 aromatic rings. The first-order valence-corrected chi connectivity index (χ1v) is 10.7. The minimum Gasteiger partial charge on any atom is -0.243 e. The van der Waals surface area contributed by atoms with Crippen LogP contribution in [0.15, 0.2) is 12.3 Å². The standard InChI is InChI=1S/C21H31Cl2N/c1-2-3-4-15-5-7-16(8-6-15)17-9-11-18(12-10-17)19-13-20(22)21(23)24-14-19/h13-18H,2-12H2,1H3/t15-,16-,17-,18-. The highest BCUT2D eigenvalue weighted by atomic mass is 35.5. The van der Waals surface area contributed by atoms with E-state index in [2.05, 4.69) is 11.9 Å². The average Bonchev–Trinajstić information content (AvgIpc) is 2.63. The second kappa shape index (κ2) is 8.90. The van der Waals surface area contributed by atoms with Gasteiger partial charge in [-0.25, -0.2) is 4.98 Å². The third-order valence-electron chi connectivity index (χ3n) is 6.58. The predicted octanol–water partition coefficient (Wildman–Crippen LogP) is 7.66. The summed E-state index contributed by atoms with van der Waals surface area (Å²) in [7, 11) is 0. The first-order chi connectivity index (χ1) is 11.7. The van der Waals surface area contributed by atoms with E-state index in [0.717, 1.165) is 17.8 Å². The second-order valence-corrected chi connectivity index (χ2v) is 8.84. The molecule has 0 radical (unpaired) electrons. The molecule has 0 spiro atoms. The lowest BCUT2D eigenvalue weighted by Crippen LogP contribution is -2.25. The van der Waals surface area contributed by atoms with Crippen LogP contribution in [0.4, 0.5) is 0 Å². The number of halogens is 2. The lowest BCUT2D eigenvalue weighted by atomic mass is 9.68. The molecule has 1 aromatic heterocycles. The zero-order valence-electron chi connectivity index (χ0n) is 14.9. The molecule has 2 fully saturated rings. The lowest BCUT2D eigenvalue weighted by molar-refractivity contribution is 0.156. The highest BCUT2D eigenvalue weighted by molar-refractivity contribution is 6.41. The Kier molecular flexibility index (Phi) is 6.87. The normalized spacial score (nSPS) is 31.1. The highest BCUT2D eigenvalue weighted by Crippen LogP contribution is 2.44. The van der Waals surface area contributed by atoms with Gasteiger partial charge in [0.15, 0.2) is 0 Å². The van der Waals surface area contributed by atoms with Gasteiger partial charge in [-0.1, -0.05) is 62.2 Å².